The van der Waals surface area contributed by atoms with Gasteiger partial charge in [-0.2, -0.15) is 0 Å². The molecule has 1 aromatic carbocycles. The Bertz CT molecular complexity index is 802. The molecule has 0 unspecified atom stereocenters. The van der Waals surface area contributed by atoms with Gasteiger partial charge >= 0.3 is 5.63 Å². The van der Waals surface area contributed by atoms with Crippen LogP contribution in [-0.2, 0) is 0 Å². The van der Waals surface area contributed by atoms with Crippen LogP contribution < -0.4 is 19.8 Å². The summed E-state index contributed by atoms with van der Waals surface area (Å²) in [6.45, 7) is 10.1. The molecule has 0 atom stereocenters. The molecule has 0 aliphatic carbocycles. The van der Waals surface area contributed by atoms with Crippen molar-refractivity contribution in [3.05, 3.63) is 40.8 Å². The summed E-state index contributed by atoms with van der Waals surface area (Å²) in [6, 6.07) is 5.48. The van der Waals surface area contributed by atoms with E-state index in [1.807, 2.05) is 39.8 Å². The second-order valence-corrected chi connectivity index (χ2v) is 6.53. The Hall–Kier alpha value is -2.43. The Labute approximate surface area is 154 Å². The number of benzene rings is 1. The van der Waals surface area contributed by atoms with Crippen LogP contribution in [0.4, 0.5) is 0 Å². The van der Waals surface area contributed by atoms with Crippen LogP contribution in [0.1, 0.15) is 47.5 Å². The predicted molar refractivity (Wildman–Crippen MR) is 104 cm³/mol. The standard InChI is InChI=1S/C21H28O5/c1-6-7-8-9-13-23-17-12-10-11-16-18(17)26-21(22)20(25-15(4)5)19(16)24-14(2)3/h7-8,10-12,14-15H,6,9,13H2,1-5H3. The highest BCUT2D eigenvalue weighted by Crippen LogP contribution is 2.37. The summed E-state index contributed by atoms with van der Waals surface area (Å²) in [4.78, 5) is 12.5. The molecule has 0 spiro atoms. The molecule has 0 amide bonds. The van der Waals surface area contributed by atoms with Gasteiger partial charge in [-0.15, -0.1) is 0 Å². The lowest BCUT2D eigenvalue weighted by Crippen LogP contribution is -2.17. The Morgan fingerprint density at radius 2 is 1.73 bits per heavy atom. The van der Waals surface area contributed by atoms with Crippen molar-refractivity contribution >= 4 is 11.0 Å². The molecule has 0 N–H and O–H groups in total. The van der Waals surface area contributed by atoms with Crippen molar-refractivity contribution in [3.63, 3.8) is 0 Å². The maximum atomic E-state index is 12.5. The molecule has 142 valence electrons. The van der Waals surface area contributed by atoms with Gasteiger partial charge in [0.1, 0.15) is 0 Å². The lowest BCUT2D eigenvalue weighted by Gasteiger charge is -2.18. The third kappa shape index (κ3) is 5.04. The fraction of sp³-hybridized carbons (Fsp3) is 0.476. The predicted octanol–water partition coefficient (Wildman–Crippen LogP) is 5.10. The molecule has 2 rings (SSSR count). The molecule has 0 saturated carbocycles. The smallest absolute Gasteiger partial charge is 0.383 e. The van der Waals surface area contributed by atoms with Gasteiger partial charge in [-0.3, -0.25) is 0 Å². The number of hydrogen-bond donors (Lipinski definition) is 0. The zero-order valence-electron chi connectivity index (χ0n) is 16.2. The number of hydrogen-bond acceptors (Lipinski definition) is 5. The van der Waals surface area contributed by atoms with Gasteiger partial charge in [0.15, 0.2) is 17.1 Å². The van der Waals surface area contributed by atoms with Gasteiger partial charge in [0, 0.05) is 0 Å². The van der Waals surface area contributed by atoms with Gasteiger partial charge in [0.25, 0.3) is 0 Å². The van der Waals surface area contributed by atoms with Crippen molar-refractivity contribution in [3.8, 4) is 17.2 Å². The SMILES string of the molecule is CCC=CCCOc1cccc2c(OC(C)C)c(OC(C)C)c(=O)oc12. The lowest BCUT2D eigenvalue weighted by molar-refractivity contribution is 0.192. The van der Waals surface area contributed by atoms with E-state index in [-0.39, 0.29) is 18.0 Å². The first kappa shape index (κ1) is 19.9. The topological polar surface area (TPSA) is 57.9 Å². The van der Waals surface area contributed by atoms with E-state index in [0.717, 1.165) is 12.8 Å². The highest BCUT2D eigenvalue weighted by molar-refractivity contribution is 5.89. The highest BCUT2D eigenvalue weighted by atomic mass is 16.5. The Kier molecular flexibility index (Phi) is 7.13. The minimum Gasteiger partial charge on any atom is -0.489 e. The van der Waals surface area contributed by atoms with Crippen LogP contribution in [0.5, 0.6) is 17.2 Å². The molecule has 0 bridgehead atoms. The average Bonchev–Trinajstić information content (AvgIpc) is 2.57. The molecule has 5 heteroatoms. The first-order chi connectivity index (χ1) is 12.4. The summed E-state index contributed by atoms with van der Waals surface area (Å²) in [5.74, 6) is 1.02. The maximum absolute atomic E-state index is 12.5. The summed E-state index contributed by atoms with van der Waals surface area (Å²) < 4.78 is 22.9. The van der Waals surface area contributed by atoms with Gasteiger partial charge in [-0.05, 0) is 52.7 Å². The summed E-state index contributed by atoms with van der Waals surface area (Å²) >= 11 is 0. The van der Waals surface area contributed by atoms with E-state index < -0.39 is 5.63 Å². The van der Waals surface area contributed by atoms with Crippen molar-refractivity contribution in [1.29, 1.82) is 0 Å². The molecule has 0 aliphatic rings. The van der Waals surface area contributed by atoms with Crippen LogP contribution in [0.25, 0.3) is 11.0 Å². The summed E-state index contributed by atoms with van der Waals surface area (Å²) in [7, 11) is 0. The molecular formula is C21H28O5. The molecule has 2 aromatic rings. The fourth-order valence-corrected chi connectivity index (χ4v) is 2.48. The quantitative estimate of drug-likeness (QED) is 0.354. The molecule has 1 heterocycles. The van der Waals surface area contributed by atoms with Gasteiger partial charge in [0.2, 0.25) is 5.75 Å². The minimum absolute atomic E-state index is 0.101. The second kappa shape index (κ2) is 9.32. The average molecular weight is 360 g/mol. The molecule has 5 nitrogen and oxygen atoms in total. The van der Waals surface area contributed by atoms with E-state index in [4.69, 9.17) is 18.6 Å². The zero-order valence-corrected chi connectivity index (χ0v) is 16.2. The molecular weight excluding hydrogens is 332 g/mol. The molecule has 1 aromatic heterocycles. The third-order valence-corrected chi connectivity index (χ3v) is 3.46. The van der Waals surface area contributed by atoms with E-state index in [2.05, 4.69) is 19.1 Å². The number of fused-ring (bicyclic) bond motifs is 1. The summed E-state index contributed by atoms with van der Waals surface area (Å²) in [5, 5.41) is 0.663. The van der Waals surface area contributed by atoms with Crippen molar-refractivity contribution in [2.75, 3.05) is 6.61 Å². The van der Waals surface area contributed by atoms with E-state index in [0.29, 0.717) is 29.1 Å². The first-order valence-electron chi connectivity index (χ1n) is 9.15. The van der Waals surface area contributed by atoms with Crippen molar-refractivity contribution in [2.45, 2.75) is 59.7 Å². The van der Waals surface area contributed by atoms with Gasteiger partial charge in [-0.1, -0.05) is 25.1 Å². The van der Waals surface area contributed by atoms with Crippen LogP contribution in [-0.4, -0.2) is 18.8 Å². The molecule has 0 saturated heterocycles. The highest BCUT2D eigenvalue weighted by Gasteiger charge is 2.21. The third-order valence-electron chi connectivity index (χ3n) is 3.46. The Morgan fingerprint density at radius 1 is 1.04 bits per heavy atom. The number of para-hydroxylation sites is 1. The van der Waals surface area contributed by atoms with Gasteiger partial charge in [-0.25, -0.2) is 4.79 Å². The largest absolute Gasteiger partial charge is 0.489 e. The van der Waals surface area contributed by atoms with Gasteiger partial charge in [0.05, 0.1) is 24.2 Å². The molecule has 0 radical (unpaired) electrons. The number of allylic oxidation sites excluding steroid dienone is 1. The van der Waals surface area contributed by atoms with Gasteiger partial charge < -0.3 is 18.6 Å². The maximum Gasteiger partial charge on any atom is 0.383 e. The molecule has 0 aliphatic heterocycles. The van der Waals surface area contributed by atoms with E-state index in [9.17, 15) is 4.79 Å². The van der Waals surface area contributed by atoms with Crippen molar-refractivity contribution in [2.24, 2.45) is 0 Å². The van der Waals surface area contributed by atoms with Crippen LogP contribution in [0.3, 0.4) is 0 Å². The fourth-order valence-electron chi connectivity index (χ4n) is 2.48. The van der Waals surface area contributed by atoms with Crippen LogP contribution >= 0.6 is 0 Å². The van der Waals surface area contributed by atoms with Crippen LogP contribution in [0, 0.1) is 0 Å². The number of ether oxygens (including phenoxy) is 3. The minimum atomic E-state index is -0.566. The van der Waals surface area contributed by atoms with Crippen LogP contribution in [0.15, 0.2) is 39.6 Å². The zero-order chi connectivity index (χ0) is 19.1. The van der Waals surface area contributed by atoms with Crippen molar-refractivity contribution in [1.82, 2.24) is 0 Å². The summed E-state index contributed by atoms with van der Waals surface area (Å²) in [6.07, 6.45) is 5.67. The number of rotatable bonds is 9. The van der Waals surface area contributed by atoms with Crippen LogP contribution in [0.2, 0.25) is 0 Å². The second-order valence-electron chi connectivity index (χ2n) is 6.53. The van der Waals surface area contributed by atoms with Crippen molar-refractivity contribution < 1.29 is 18.6 Å². The molecule has 0 fully saturated rings. The lowest BCUT2D eigenvalue weighted by atomic mass is 10.2. The Morgan fingerprint density at radius 3 is 2.38 bits per heavy atom. The molecule has 26 heavy (non-hydrogen) atoms. The Balaban J connectivity index is 2.47. The van der Waals surface area contributed by atoms with E-state index >= 15 is 0 Å². The van der Waals surface area contributed by atoms with E-state index in [1.54, 1.807) is 6.07 Å². The first-order valence-corrected chi connectivity index (χ1v) is 9.15. The normalized spacial score (nSPS) is 11.7. The van der Waals surface area contributed by atoms with E-state index in [1.165, 1.54) is 0 Å². The monoisotopic (exact) mass is 360 g/mol. The summed E-state index contributed by atoms with van der Waals surface area (Å²) in [5.41, 5.74) is -0.187.